The van der Waals surface area contributed by atoms with Crippen molar-refractivity contribution in [1.29, 1.82) is 0 Å². The monoisotopic (exact) mass is 329 g/mol. The molecule has 0 radical (unpaired) electrons. The third kappa shape index (κ3) is 3.39. The van der Waals surface area contributed by atoms with Crippen molar-refractivity contribution in [2.75, 3.05) is 6.54 Å². The van der Waals surface area contributed by atoms with Crippen LogP contribution in [0, 0.1) is 12.7 Å². The molecule has 0 saturated carbocycles. The van der Waals surface area contributed by atoms with Gasteiger partial charge in [-0.2, -0.15) is 5.10 Å². The summed E-state index contributed by atoms with van der Waals surface area (Å²) >= 11 is 12.2. The number of benzene rings is 1. The van der Waals surface area contributed by atoms with Gasteiger partial charge in [0.25, 0.3) is 0 Å². The number of aryl methyl sites for hydroxylation is 2. The molecule has 1 N–H and O–H groups in total. The van der Waals surface area contributed by atoms with E-state index in [4.69, 9.17) is 23.2 Å². The zero-order chi connectivity index (χ0) is 15.6. The molecule has 6 heteroatoms. The summed E-state index contributed by atoms with van der Waals surface area (Å²) in [6, 6.07) is 4.83. The minimum Gasteiger partial charge on any atom is -0.310 e. The molecule has 0 bridgehead atoms. The van der Waals surface area contributed by atoms with Crippen molar-refractivity contribution in [3.63, 3.8) is 0 Å². The van der Waals surface area contributed by atoms with Crippen LogP contribution in [0.5, 0.6) is 0 Å². The van der Waals surface area contributed by atoms with Crippen molar-refractivity contribution in [3.8, 4) is 0 Å². The maximum absolute atomic E-state index is 14.3. The number of hydrogen-bond acceptors (Lipinski definition) is 2. The highest BCUT2D eigenvalue weighted by atomic mass is 35.5. The van der Waals surface area contributed by atoms with Crippen molar-refractivity contribution in [2.24, 2.45) is 7.05 Å². The molecular formula is C15H18Cl2FN3. The molecule has 2 rings (SSSR count). The van der Waals surface area contributed by atoms with E-state index in [1.54, 1.807) is 22.9 Å². The molecule has 1 unspecified atom stereocenters. The Kier molecular flexibility index (Phi) is 5.25. The number of hydrogen-bond donors (Lipinski definition) is 1. The summed E-state index contributed by atoms with van der Waals surface area (Å²) in [5.41, 5.74) is 2.19. The van der Waals surface area contributed by atoms with Gasteiger partial charge in [0.2, 0.25) is 0 Å². The van der Waals surface area contributed by atoms with Gasteiger partial charge in [0.1, 0.15) is 5.82 Å². The molecule has 1 aromatic heterocycles. The Bertz CT molecular complexity index is 640. The van der Waals surface area contributed by atoms with Crippen LogP contribution in [0.3, 0.4) is 0 Å². The van der Waals surface area contributed by atoms with Gasteiger partial charge in [-0.1, -0.05) is 42.3 Å². The number of aromatic nitrogens is 2. The smallest absolute Gasteiger partial charge is 0.146 e. The van der Waals surface area contributed by atoms with Crippen LogP contribution >= 0.6 is 23.2 Å². The topological polar surface area (TPSA) is 29.9 Å². The van der Waals surface area contributed by atoms with Crippen LogP contribution in [0.4, 0.5) is 4.39 Å². The van der Waals surface area contributed by atoms with Gasteiger partial charge in [-0.25, -0.2) is 4.39 Å². The third-order valence-electron chi connectivity index (χ3n) is 3.47. The molecule has 0 aliphatic heterocycles. The Morgan fingerprint density at radius 1 is 1.38 bits per heavy atom. The van der Waals surface area contributed by atoms with Crippen LogP contribution in [0.1, 0.15) is 29.9 Å². The van der Waals surface area contributed by atoms with E-state index in [9.17, 15) is 4.39 Å². The average Bonchev–Trinajstić information content (AvgIpc) is 2.68. The van der Waals surface area contributed by atoms with E-state index < -0.39 is 0 Å². The lowest BCUT2D eigenvalue weighted by Crippen LogP contribution is -2.25. The molecule has 1 atom stereocenters. The van der Waals surface area contributed by atoms with Crippen LogP contribution in [-0.2, 0) is 13.5 Å². The van der Waals surface area contributed by atoms with Gasteiger partial charge < -0.3 is 5.32 Å². The molecular weight excluding hydrogens is 312 g/mol. The molecule has 3 nitrogen and oxygen atoms in total. The Morgan fingerprint density at radius 2 is 2.10 bits per heavy atom. The number of likely N-dealkylation sites (N-methyl/N-ethyl adjacent to an activating group) is 1. The lowest BCUT2D eigenvalue weighted by atomic mass is 10.0. The van der Waals surface area contributed by atoms with Crippen LogP contribution in [0.15, 0.2) is 18.2 Å². The number of rotatable bonds is 5. The zero-order valence-electron chi connectivity index (χ0n) is 12.3. The first-order valence-electron chi connectivity index (χ1n) is 6.81. The molecule has 0 spiro atoms. The van der Waals surface area contributed by atoms with Gasteiger partial charge in [-0.05, 0) is 19.5 Å². The fourth-order valence-electron chi connectivity index (χ4n) is 2.42. The minimum atomic E-state index is -0.389. The SMILES string of the molecule is CCNC(Cc1c(Cl)c(C)nn1C)c1cccc(Cl)c1F. The molecule has 1 heterocycles. The van der Waals surface area contributed by atoms with E-state index >= 15 is 0 Å². The molecule has 0 fully saturated rings. The Morgan fingerprint density at radius 3 is 2.67 bits per heavy atom. The quantitative estimate of drug-likeness (QED) is 0.896. The van der Waals surface area contributed by atoms with Crippen molar-refractivity contribution >= 4 is 23.2 Å². The standard InChI is InChI=1S/C15H18Cl2FN3/c1-4-19-12(10-6-5-7-11(16)15(10)18)8-13-14(17)9(2)20-21(13)3/h5-7,12,19H,4,8H2,1-3H3. The summed E-state index contributed by atoms with van der Waals surface area (Å²) in [6.45, 7) is 4.55. The van der Waals surface area contributed by atoms with E-state index in [1.807, 2.05) is 20.9 Å². The van der Waals surface area contributed by atoms with Crippen molar-refractivity contribution < 1.29 is 4.39 Å². The number of nitrogens with one attached hydrogen (secondary N) is 1. The van der Waals surface area contributed by atoms with Crippen LogP contribution < -0.4 is 5.32 Å². The summed E-state index contributed by atoms with van der Waals surface area (Å²) in [5, 5.41) is 8.33. The molecule has 114 valence electrons. The largest absolute Gasteiger partial charge is 0.310 e. The van der Waals surface area contributed by atoms with Gasteiger partial charge >= 0.3 is 0 Å². The molecule has 0 aliphatic carbocycles. The second kappa shape index (κ2) is 6.77. The van der Waals surface area contributed by atoms with Gasteiger partial charge in [0, 0.05) is 25.1 Å². The van der Waals surface area contributed by atoms with E-state index in [0.717, 1.165) is 11.4 Å². The second-order valence-corrected chi connectivity index (χ2v) is 5.71. The first-order chi connectivity index (χ1) is 9.95. The first kappa shape index (κ1) is 16.3. The fraction of sp³-hybridized carbons (Fsp3) is 0.400. The molecule has 0 aliphatic rings. The highest BCUT2D eigenvalue weighted by Gasteiger charge is 2.21. The summed E-state index contributed by atoms with van der Waals surface area (Å²) < 4.78 is 16.0. The Balaban J connectivity index is 2.38. The van der Waals surface area contributed by atoms with E-state index in [-0.39, 0.29) is 16.9 Å². The van der Waals surface area contributed by atoms with E-state index in [2.05, 4.69) is 10.4 Å². The second-order valence-electron chi connectivity index (χ2n) is 4.93. The summed E-state index contributed by atoms with van der Waals surface area (Å²) in [6.07, 6.45) is 0.543. The highest BCUT2D eigenvalue weighted by molar-refractivity contribution is 6.32. The first-order valence-corrected chi connectivity index (χ1v) is 7.56. The lowest BCUT2D eigenvalue weighted by Gasteiger charge is -2.20. The van der Waals surface area contributed by atoms with Crippen molar-refractivity contribution in [1.82, 2.24) is 15.1 Å². The van der Waals surface area contributed by atoms with Crippen LogP contribution in [0.2, 0.25) is 10.0 Å². The van der Waals surface area contributed by atoms with Crippen LogP contribution in [0.25, 0.3) is 0 Å². The number of halogens is 3. The zero-order valence-corrected chi connectivity index (χ0v) is 13.8. The van der Waals surface area contributed by atoms with Gasteiger partial charge in [0.05, 0.1) is 21.4 Å². The lowest BCUT2D eigenvalue weighted by molar-refractivity contribution is 0.497. The van der Waals surface area contributed by atoms with Gasteiger partial charge in [0.15, 0.2) is 0 Å². The number of nitrogens with zero attached hydrogens (tertiary/aromatic N) is 2. The van der Waals surface area contributed by atoms with Crippen LogP contribution in [-0.4, -0.2) is 16.3 Å². The molecule has 21 heavy (non-hydrogen) atoms. The fourth-order valence-corrected chi connectivity index (χ4v) is 2.84. The maximum Gasteiger partial charge on any atom is 0.146 e. The summed E-state index contributed by atoms with van der Waals surface area (Å²) in [4.78, 5) is 0. The Labute approximate surface area is 134 Å². The highest BCUT2D eigenvalue weighted by Crippen LogP contribution is 2.29. The molecule has 1 aromatic carbocycles. The molecule has 2 aromatic rings. The van der Waals surface area contributed by atoms with Gasteiger partial charge in [-0.15, -0.1) is 0 Å². The Hall–Kier alpha value is -1.10. The summed E-state index contributed by atoms with van der Waals surface area (Å²) in [5.74, 6) is -0.389. The molecule has 0 saturated heterocycles. The third-order valence-corrected chi connectivity index (χ3v) is 4.25. The van der Waals surface area contributed by atoms with Crippen molar-refractivity contribution in [3.05, 3.63) is 51.0 Å². The van der Waals surface area contributed by atoms with Crippen molar-refractivity contribution in [2.45, 2.75) is 26.3 Å². The molecule has 0 amide bonds. The predicted octanol–water partition coefficient (Wildman–Crippen LogP) is 4.07. The van der Waals surface area contributed by atoms with Gasteiger partial charge in [-0.3, -0.25) is 4.68 Å². The van der Waals surface area contributed by atoms with E-state index in [0.29, 0.717) is 23.6 Å². The van der Waals surface area contributed by atoms with E-state index in [1.165, 1.54) is 0 Å². The maximum atomic E-state index is 14.3. The normalized spacial score (nSPS) is 12.7. The predicted molar refractivity (Wildman–Crippen MR) is 84.5 cm³/mol. The minimum absolute atomic E-state index is 0.127. The summed E-state index contributed by atoms with van der Waals surface area (Å²) in [7, 11) is 1.84. The average molecular weight is 330 g/mol.